The van der Waals surface area contributed by atoms with Crippen LogP contribution in [0.25, 0.3) is 0 Å². The molecule has 0 aliphatic heterocycles. The van der Waals surface area contributed by atoms with E-state index in [9.17, 15) is 0 Å². The molecule has 0 atom stereocenters. The van der Waals surface area contributed by atoms with E-state index < -0.39 is 0 Å². The maximum Gasteiger partial charge on any atom is 0.0590 e. The Morgan fingerprint density at radius 1 is 0.478 bits per heavy atom. The van der Waals surface area contributed by atoms with Crippen LogP contribution in [-0.4, -0.2) is 65.9 Å². The number of hydrogen-bond acceptors (Lipinski definition) is 5. The van der Waals surface area contributed by atoms with E-state index in [-0.39, 0.29) is 0 Å². The Morgan fingerprint density at radius 2 is 0.826 bits per heavy atom. The maximum atomic E-state index is 5.53. The van der Waals surface area contributed by atoms with Gasteiger partial charge in [-0.15, -0.1) is 0 Å². The number of hydrogen-bond donors (Lipinski definition) is 1. The summed E-state index contributed by atoms with van der Waals surface area (Å²) in [7, 11) is 0. The maximum absolute atomic E-state index is 5.53. The van der Waals surface area contributed by atoms with Gasteiger partial charge in [0.1, 0.15) is 0 Å². The molecule has 0 unspecified atom stereocenters. The van der Waals surface area contributed by atoms with Crippen molar-refractivity contribution in [3.05, 3.63) is 0 Å². The van der Waals surface area contributed by atoms with Crippen molar-refractivity contribution >= 4 is 0 Å². The highest BCUT2D eigenvalue weighted by molar-refractivity contribution is 4.46. The van der Waals surface area contributed by atoms with Gasteiger partial charge in [-0.05, 0) is 25.7 Å². The van der Waals surface area contributed by atoms with Crippen molar-refractivity contribution < 1.29 is 18.9 Å². The monoisotopic (exact) mass is 333 g/mol. The zero-order chi connectivity index (χ0) is 16.8. The fourth-order valence-corrected chi connectivity index (χ4v) is 1.84. The van der Waals surface area contributed by atoms with Crippen LogP contribution in [0.5, 0.6) is 0 Å². The Hall–Kier alpha value is -0.200. The normalized spacial score (nSPS) is 11.2. The highest BCUT2D eigenvalue weighted by Gasteiger charge is 1.93. The molecule has 1 N–H and O–H groups in total. The molecule has 0 bridgehead atoms. The van der Waals surface area contributed by atoms with Crippen LogP contribution in [0.4, 0.5) is 0 Å². The van der Waals surface area contributed by atoms with Crippen LogP contribution in [0.3, 0.4) is 0 Å². The average molecular weight is 334 g/mol. The summed E-state index contributed by atoms with van der Waals surface area (Å²) >= 11 is 0. The van der Waals surface area contributed by atoms with Gasteiger partial charge < -0.3 is 24.3 Å². The number of nitrogens with one attached hydrogen (secondary N) is 1. The second-order valence-electron chi connectivity index (χ2n) is 5.61. The molecule has 0 aliphatic carbocycles. The molecule has 0 heterocycles. The van der Waals surface area contributed by atoms with Gasteiger partial charge in [-0.25, -0.2) is 0 Å². The molecule has 5 heteroatoms. The van der Waals surface area contributed by atoms with E-state index in [4.69, 9.17) is 18.9 Å². The zero-order valence-corrected chi connectivity index (χ0v) is 15.4. The predicted octanol–water partition coefficient (Wildman–Crippen LogP) is 3.02. The third-order valence-electron chi connectivity index (χ3n) is 3.29. The molecule has 0 aromatic carbocycles. The lowest BCUT2D eigenvalue weighted by atomic mass is 10.4. The number of unbranched alkanes of at least 4 members (excludes halogenated alkanes) is 2. The van der Waals surface area contributed by atoms with Crippen LogP contribution in [0.1, 0.15) is 52.4 Å². The smallest absolute Gasteiger partial charge is 0.0590 e. The molecule has 5 nitrogen and oxygen atoms in total. The fourth-order valence-electron chi connectivity index (χ4n) is 1.84. The molecular weight excluding hydrogens is 294 g/mol. The number of ether oxygens (including phenoxy) is 4. The Morgan fingerprint density at radius 3 is 1.22 bits per heavy atom. The second kappa shape index (κ2) is 21.8. The molecule has 0 rings (SSSR count). The summed E-state index contributed by atoms with van der Waals surface area (Å²) in [5, 5.41) is 3.31. The quantitative estimate of drug-likeness (QED) is 0.347. The fraction of sp³-hybridized carbons (Fsp3) is 1.00. The zero-order valence-electron chi connectivity index (χ0n) is 15.4. The molecule has 140 valence electrons. The van der Waals surface area contributed by atoms with Gasteiger partial charge in [0.2, 0.25) is 0 Å². The summed E-state index contributed by atoms with van der Waals surface area (Å²) in [6.45, 7) is 12.5. The van der Waals surface area contributed by atoms with E-state index in [1.807, 2.05) is 0 Å². The molecule has 0 spiro atoms. The first-order valence-corrected chi connectivity index (χ1v) is 9.43. The van der Waals surface area contributed by atoms with Crippen molar-refractivity contribution in [2.24, 2.45) is 0 Å². The van der Waals surface area contributed by atoms with Gasteiger partial charge in [0.25, 0.3) is 0 Å². The van der Waals surface area contributed by atoms with Crippen molar-refractivity contribution in [1.29, 1.82) is 0 Å². The van der Waals surface area contributed by atoms with Crippen molar-refractivity contribution in [3.8, 4) is 0 Å². The topological polar surface area (TPSA) is 49.0 Å². The van der Waals surface area contributed by atoms with E-state index in [1.54, 1.807) is 0 Å². The van der Waals surface area contributed by atoms with Crippen LogP contribution in [0.15, 0.2) is 0 Å². The molecule has 0 aliphatic rings. The lowest BCUT2D eigenvalue weighted by Gasteiger charge is -2.08. The van der Waals surface area contributed by atoms with Gasteiger partial charge in [0, 0.05) is 52.7 Å². The van der Waals surface area contributed by atoms with Crippen LogP contribution in [0, 0.1) is 0 Å². The minimum atomic E-state index is 0.750. The van der Waals surface area contributed by atoms with E-state index in [1.165, 1.54) is 12.8 Å². The van der Waals surface area contributed by atoms with E-state index in [0.29, 0.717) is 0 Å². The Balaban J connectivity index is 2.92. The molecule has 0 fully saturated rings. The Kier molecular flexibility index (Phi) is 21.6. The largest absolute Gasteiger partial charge is 0.381 e. The van der Waals surface area contributed by atoms with Gasteiger partial charge in [0.05, 0.1) is 13.2 Å². The summed E-state index contributed by atoms with van der Waals surface area (Å²) in [5.74, 6) is 0. The predicted molar refractivity (Wildman–Crippen MR) is 95.2 cm³/mol. The van der Waals surface area contributed by atoms with Crippen molar-refractivity contribution in [1.82, 2.24) is 5.32 Å². The van der Waals surface area contributed by atoms with Crippen LogP contribution in [-0.2, 0) is 18.9 Å². The van der Waals surface area contributed by atoms with Crippen molar-refractivity contribution in [2.45, 2.75) is 52.4 Å². The van der Waals surface area contributed by atoms with Crippen LogP contribution in [0.2, 0.25) is 0 Å². The molecule has 0 radical (unpaired) electrons. The average Bonchev–Trinajstić information content (AvgIpc) is 2.57. The SMILES string of the molecule is CCCCOCCCOCCNCCOCCCOCCCC. The molecule has 0 amide bonds. The summed E-state index contributed by atoms with van der Waals surface area (Å²) in [6, 6.07) is 0. The second-order valence-corrected chi connectivity index (χ2v) is 5.61. The van der Waals surface area contributed by atoms with Gasteiger partial charge in [-0.2, -0.15) is 0 Å². The molecule has 0 aromatic heterocycles. The van der Waals surface area contributed by atoms with Gasteiger partial charge in [-0.3, -0.25) is 0 Å². The summed E-state index contributed by atoms with van der Waals surface area (Å²) < 4.78 is 22.0. The first-order valence-electron chi connectivity index (χ1n) is 9.43. The third kappa shape index (κ3) is 21.8. The molecule has 23 heavy (non-hydrogen) atoms. The third-order valence-corrected chi connectivity index (χ3v) is 3.29. The van der Waals surface area contributed by atoms with E-state index >= 15 is 0 Å². The highest BCUT2D eigenvalue weighted by atomic mass is 16.5. The Bertz CT molecular complexity index is 185. The number of rotatable bonds is 20. The summed E-state index contributed by atoms with van der Waals surface area (Å²) in [6.07, 6.45) is 6.65. The van der Waals surface area contributed by atoms with Crippen LogP contribution >= 0.6 is 0 Å². The first kappa shape index (κ1) is 22.8. The van der Waals surface area contributed by atoms with Gasteiger partial charge in [0.15, 0.2) is 0 Å². The van der Waals surface area contributed by atoms with Crippen molar-refractivity contribution in [2.75, 3.05) is 65.9 Å². The molecule has 0 saturated carbocycles. The minimum Gasteiger partial charge on any atom is -0.381 e. The lowest BCUT2D eigenvalue weighted by Crippen LogP contribution is -2.24. The molecule has 0 aromatic rings. The highest BCUT2D eigenvalue weighted by Crippen LogP contribution is 1.91. The van der Waals surface area contributed by atoms with Crippen LogP contribution < -0.4 is 5.32 Å². The summed E-state index contributed by atoms with van der Waals surface area (Å²) in [4.78, 5) is 0. The van der Waals surface area contributed by atoms with Gasteiger partial charge in [-0.1, -0.05) is 26.7 Å². The van der Waals surface area contributed by atoms with E-state index in [2.05, 4.69) is 19.2 Å². The van der Waals surface area contributed by atoms with Crippen molar-refractivity contribution in [3.63, 3.8) is 0 Å². The standard InChI is InChI=1S/C18H39NO4/c1-3-5-11-20-13-7-15-22-17-9-19-10-18-23-16-8-14-21-12-6-4-2/h19H,3-18H2,1-2H3. The van der Waals surface area contributed by atoms with Gasteiger partial charge >= 0.3 is 0 Å². The molecular formula is C18H39NO4. The minimum absolute atomic E-state index is 0.750. The molecule has 0 saturated heterocycles. The summed E-state index contributed by atoms with van der Waals surface area (Å²) in [5.41, 5.74) is 0. The lowest BCUT2D eigenvalue weighted by molar-refractivity contribution is 0.0764. The van der Waals surface area contributed by atoms with E-state index in [0.717, 1.165) is 91.6 Å². The Labute approximate surface area is 143 Å². The first-order chi connectivity index (χ1) is 11.4.